The van der Waals surface area contributed by atoms with Crippen LogP contribution in [0, 0.1) is 0 Å². The normalized spacial score (nSPS) is 18.8. The third kappa shape index (κ3) is 3.07. The van der Waals surface area contributed by atoms with E-state index in [1.165, 1.54) is 6.33 Å². The quantitative estimate of drug-likeness (QED) is 0.709. The van der Waals surface area contributed by atoms with Crippen molar-refractivity contribution in [2.24, 2.45) is 0 Å². The molecule has 1 aliphatic heterocycles. The molecule has 1 aromatic heterocycles. The Kier molecular flexibility index (Phi) is 4.62. The molecule has 1 aliphatic rings. The third-order valence-corrected chi connectivity index (χ3v) is 5.08. The Morgan fingerprint density at radius 1 is 1.07 bits per heavy atom. The molecule has 27 heavy (non-hydrogen) atoms. The topological polar surface area (TPSA) is 60.2 Å². The first-order valence-electron chi connectivity index (χ1n) is 9.13. The molecule has 0 saturated heterocycles. The largest absolute Gasteiger partial charge is 0.497 e. The van der Waals surface area contributed by atoms with Gasteiger partial charge in [0.25, 0.3) is 0 Å². The smallest absolute Gasteiger partial charge is 0.231 e. The van der Waals surface area contributed by atoms with E-state index >= 15 is 0 Å². The maximum absolute atomic E-state index is 12.8. The number of anilines is 1. The monoisotopic (exact) mass is 362 g/mol. The molecule has 2 atom stereocenters. The zero-order valence-electron chi connectivity index (χ0n) is 15.4. The van der Waals surface area contributed by atoms with Crippen LogP contribution in [0.2, 0.25) is 0 Å². The van der Waals surface area contributed by atoms with Crippen LogP contribution < -0.4 is 9.64 Å². The summed E-state index contributed by atoms with van der Waals surface area (Å²) in [6, 6.07) is 18.1. The van der Waals surface area contributed by atoms with Crippen LogP contribution in [-0.4, -0.2) is 27.8 Å². The molecule has 138 valence electrons. The average Bonchev–Trinajstić information content (AvgIpc) is 3.22. The summed E-state index contributed by atoms with van der Waals surface area (Å²) in [5.74, 6) is 1.44. The second kappa shape index (κ2) is 7.23. The van der Waals surface area contributed by atoms with E-state index < -0.39 is 0 Å². The molecule has 0 bridgehead atoms. The Morgan fingerprint density at radius 3 is 2.44 bits per heavy atom. The summed E-state index contributed by atoms with van der Waals surface area (Å²) < 4.78 is 7.14. The molecule has 6 heteroatoms. The van der Waals surface area contributed by atoms with Crippen LogP contribution in [0.5, 0.6) is 5.75 Å². The number of ether oxygens (including phenoxy) is 1. The Labute approximate surface area is 158 Å². The molecule has 2 unspecified atom stereocenters. The average molecular weight is 362 g/mol. The summed E-state index contributed by atoms with van der Waals surface area (Å²) >= 11 is 0. The van der Waals surface area contributed by atoms with Gasteiger partial charge in [-0.25, -0.2) is 4.68 Å². The van der Waals surface area contributed by atoms with Crippen LogP contribution in [0.25, 0.3) is 0 Å². The minimum Gasteiger partial charge on any atom is -0.497 e. The second-order valence-electron chi connectivity index (χ2n) is 6.57. The van der Waals surface area contributed by atoms with E-state index in [0.29, 0.717) is 12.4 Å². The van der Waals surface area contributed by atoms with Gasteiger partial charge < -0.3 is 4.74 Å². The molecule has 2 heterocycles. The van der Waals surface area contributed by atoms with Crippen molar-refractivity contribution >= 4 is 11.9 Å². The highest BCUT2D eigenvalue weighted by atomic mass is 16.5. The highest BCUT2D eigenvalue weighted by molar-refractivity contribution is 5.92. The predicted molar refractivity (Wildman–Crippen MR) is 103 cm³/mol. The number of hydrogen-bond acceptors (Lipinski definition) is 4. The first-order chi connectivity index (χ1) is 13.2. The predicted octanol–water partition coefficient (Wildman–Crippen LogP) is 3.76. The highest BCUT2D eigenvalue weighted by Gasteiger charge is 2.38. The molecule has 0 saturated carbocycles. The van der Waals surface area contributed by atoms with E-state index in [9.17, 15) is 4.79 Å². The summed E-state index contributed by atoms with van der Waals surface area (Å²) in [6.07, 6.45) is 2.67. The fraction of sp³-hybridized carbons (Fsp3) is 0.286. The fourth-order valence-corrected chi connectivity index (χ4v) is 3.71. The van der Waals surface area contributed by atoms with Crippen LogP contribution >= 0.6 is 0 Å². The van der Waals surface area contributed by atoms with E-state index in [4.69, 9.17) is 4.74 Å². The van der Waals surface area contributed by atoms with Gasteiger partial charge in [0.15, 0.2) is 0 Å². The molecule has 0 fully saturated rings. The first kappa shape index (κ1) is 17.3. The van der Waals surface area contributed by atoms with Gasteiger partial charge in [-0.3, -0.25) is 9.69 Å². The number of hydrogen-bond donors (Lipinski definition) is 0. The van der Waals surface area contributed by atoms with Gasteiger partial charge in [-0.05, 0) is 29.7 Å². The first-order valence-corrected chi connectivity index (χ1v) is 9.13. The summed E-state index contributed by atoms with van der Waals surface area (Å²) in [5, 5.41) is 4.43. The number of aromatic nitrogens is 3. The minimum atomic E-state index is -0.106. The van der Waals surface area contributed by atoms with Gasteiger partial charge in [0, 0.05) is 6.42 Å². The number of fused-ring (bicyclic) bond motifs is 1. The number of benzene rings is 2. The Balaban J connectivity index is 1.81. The van der Waals surface area contributed by atoms with Gasteiger partial charge in [0.05, 0.1) is 19.2 Å². The van der Waals surface area contributed by atoms with Gasteiger partial charge in [-0.1, -0.05) is 49.4 Å². The Hall–Kier alpha value is -3.15. The van der Waals surface area contributed by atoms with Crippen LogP contribution in [0.1, 0.15) is 43.0 Å². The minimum absolute atomic E-state index is 0.0247. The van der Waals surface area contributed by atoms with Crippen molar-refractivity contribution < 1.29 is 9.53 Å². The lowest BCUT2D eigenvalue weighted by Crippen LogP contribution is -2.42. The van der Waals surface area contributed by atoms with Crippen molar-refractivity contribution in [1.29, 1.82) is 0 Å². The lowest BCUT2D eigenvalue weighted by molar-refractivity contribution is -0.119. The molecular formula is C21H22N4O2. The van der Waals surface area contributed by atoms with Crippen LogP contribution in [-0.2, 0) is 4.79 Å². The van der Waals surface area contributed by atoms with Gasteiger partial charge >= 0.3 is 0 Å². The van der Waals surface area contributed by atoms with E-state index in [1.54, 1.807) is 12.0 Å². The van der Waals surface area contributed by atoms with Gasteiger partial charge in [-0.15, -0.1) is 0 Å². The van der Waals surface area contributed by atoms with Crippen LogP contribution in [0.3, 0.4) is 0 Å². The fourth-order valence-electron chi connectivity index (χ4n) is 3.71. The Bertz CT molecular complexity index is 921. The van der Waals surface area contributed by atoms with E-state index in [0.717, 1.165) is 23.3 Å². The van der Waals surface area contributed by atoms with Crippen molar-refractivity contribution in [3.05, 3.63) is 72.1 Å². The van der Waals surface area contributed by atoms with Crippen molar-refractivity contribution in [3.63, 3.8) is 0 Å². The molecular weight excluding hydrogens is 340 g/mol. The van der Waals surface area contributed by atoms with Crippen molar-refractivity contribution in [2.45, 2.75) is 31.8 Å². The number of nitrogens with zero attached hydrogens (tertiary/aromatic N) is 4. The molecule has 4 rings (SSSR count). The lowest BCUT2D eigenvalue weighted by atomic mass is 9.91. The molecule has 2 aromatic carbocycles. The summed E-state index contributed by atoms with van der Waals surface area (Å²) in [7, 11) is 1.65. The zero-order chi connectivity index (χ0) is 18.8. The number of amides is 1. The van der Waals surface area contributed by atoms with Crippen LogP contribution in [0.4, 0.5) is 5.95 Å². The van der Waals surface area contributed by atoms with Crippen molar-refractivity contribution in [1.82, 2.24) is 14.8 Å². The molecule has 1 amide bonds. The van der Waals surface area contributed by atoms with Crippen molar-refractivity contribution in [2.75, 3.05) is 12.0 Å². The molecule has 0 radical (unpaired) electrons. The van der Waals surface area contributed by atoms with E-state index in [1.807, 2.05) is 54.1 Å². The Morgan fingerprint density at radius 2 is 1.78 bits per heavy atom. The number of methoxy groups -OCH3 is 1. The van der Waals surface area contributed by atoms with Gasteiger partial charge in [-0.2, -0.15) is 10.1 Å². The van der Waals surface area contributed by atoms with E-state index in [-0.39, 0.29) is 18.0 Å². The lowest BCUT2D eigenvalue weighted by Gasteiger charge is -2.39. The number of rotatable bonds is 4. The summed E-state index contributed by atoms with van der Waals surface area (Å²) in [6.45, 7) is 1.87. The third-order valence-electron chi connectivity index (χ3n) is 5.08. The second-order valence-corrected chi connectivity index (χ2v) is 6.57. The molecule has 3 aromatic rings. The van der Waals surface area contributed by atoms with E-state index in [2.05, 4.69) is 22.2 Å². The van der Waals surface area contributed by atoms with Crippen LogP contribution in [0.15, 0.2) is 60.9 Å². The molecule has 0 N–H and O–H groups in total. The van der Waals surface area contributed by atoms with Crippen molar-refractivity contribution in [3.8, 4) is 5.75 Å². The number of carbonyl (C=O) groups is 1. The van der Waals surface area contributed by atoms with Gasteiger partial charge in [0.2, 0.25) is 11.9 Å². The molecule has 0 spiro atoms. The maximum atomic E-state index is 12.8. The summed E-state index contributed by atoms with van der Waals surface area (Å²) in [4.78, 5) is 19.0. The SMILES string of the molecule is CCC(=O)N1c2ncnn2C(c2ccccc2)CC1c1ccc(OC)cc1. The molecule has 6 nitrogen and oxygen atoms in total. The standard InChI is InChI=1S/C21H22N4O2/c1-3-20(26)24-18(16-9-11-17(27-2)12-10-16)13-19(15-7-5-4-6-8-15)25-21(24)22-14-23-25/h4-12,14,18-19H,3,13H2,1-2H3. The summed E-state index contributed by atoms with van der Waals surface area (Å²) in [5.41, 5.74) is 2.22. The highest BCUT2D eigenvalue weighted by Crippen LogP contribution is 2.42. The number of carbonyl (C=O) groups excluding carboxylic acids is 1. The maximum Gasteiger partial charge on any atom is 0.231 e. The zero-order valence-corrected chi connectivity index (χ0v) is 15.4. The van der Waals surface area contributed by atoms with Gasteiger partial charge in [0.1, 0.15) is 12.1 Å². The molecule has 0 aliphatic carbocycles.